The first-order valence-corrected chi connectivity index (χ1v) is 3.90. The Hall–Kier alpha value is -1.99. The number of carbonyl (C=O) groups is 1. The third kappa shape index (κ3) is 2.51. The van der Waals surface area contributed by atoms with E-state index in [0.29, 0.717) is 5.69 Å². The van der Waals surface area contributed by atoms with Crippen LogP contribution >= 0.6 is 0 Å². The first-order valence-electron chi connectivity index (χ1n) is 3.90. The fourth-order valence-corrected chi connectivity index (χ4v) is 0.905. The third-order valence-electron chi connectivity index (χ3n) is 1.44. The molecular formula is C10H9NO3. The highest BCUT2D eigenvalue weighted by Crippen LogP contribution is 2.13. The molecule has 0 atom stereocenters. The SMILES string of the molecule is C#CCON(C(=O)O)c1ccccc1. The Kier molecular flexibility index (Phi) is 3.53. The number of hydrogen-bond acceptors (Lipinski definition) is 2. The van der Waals surface area contributed by atoms with Crippen LogP contribution in [-0.2, 0) is 4.84 Å². The first kappa shape index (κ1) is 10.1. The van der Waals surface area contributed by atoms with Gasteiger partial charge in [0.2, 0.25) is 0 Å². The first-order chi connectivity index (χ1) is 6.75. The maximum atomic E-state index is 10.7. The Balaban J connectivity index is 2.79. The fraction of sp³-hybridized carbons (Fsp3) is 0.100. The molecule has 0 aliphatic heterocycles. The topological polar surface area (TPSA) is 49.8 Å². The fourth-order valence-electron chi connectivity index (χ4n) is 0.905. The van der Waals surface area contributed by atoms with Crippen molar-refractivity contribution in [1.82, 2.24) is 0 Å². The van der Waals surface area contributed by atoms with Crippen LogP contribution in [0.5, 0.6) is 0 Å². The van der Waals surface area contributed by atoms with Crippen molar-refractivity contribution >= 4 is 11.8 Å². The average Bonchev–Trinajstić information content (AvgIpc) is 2.19. The molecule has 4 heteroatoms. The highest BCUT2D eigenvalue weighted by atomic mass is 16.7. The van der Waals surface area contributed by atoms with Crippen LogP contribution in [0.25, 0.3) is 0 Å². The molecule has 0 fully saturated rings. The Labute approximate surface area is 81.7 Å². The van der Waals surface area contributed by atoms with Gasteiger partial charge in [-0.25, -0.2) is 4.79 Å². The number of rotatable bonds is 3. The smallest absolute Gasteiger partial charge is 0.436 e. The van der Waals surface area contributed by atoms with E-state index in [0.717, 1.165) is 5.06 Å². The Bertz CT molecular complexity index is 342. The molecule has 0 aliphatic rings. The van der Waals surface area contributed by atoms with Gasteiger partial charge >= 0.3 is 6.09 Å². The maximum Gasteiger partial charge on any atom is 0.436 e. The molecule has 0 unspecified atom stereocenters. The van der Waals surface area contributed by atoms with E-state index in [9.17, 15) is 4.79 Å². The number of amides is 1. The molecule has 1 aromatic rings. The number of anilines is 1. The van der Waals surface area contributed by atoms with Gasteiger partial charge in [0, 0.05) is 0 Å². The number of hydrogen-bond donors (Lipinski definition) is 1. The molecule has 1 N–H and O–H groups in total. The molecule has 14 heavy (non-hydrogen) atoms. The van der Waals surface area contributed by atoms with Crippen molar-refractivity contribution in [2.24, 2.45) is 0 Å². The highest BCUT2D eigenvalue weighted by Gasteiger charge is 2.13. The lowest BCUT2D eigenvalue weighted by molar-refractivity contribution is 0.114. The van der Waals surface area contributed by atoms with Crippen LogP contribution in [0, 0.1) is 12.3 Å². The average molecular weight is 191 g/mol. The molecular weight excluding hydrogens is 182 g/mol. The number of hydroxylamine groups is 1. The quantitative estimate of drug-likeness (QED) is 0.584. The van der Waals surface area contributed by atoms with Crippen molar-refractivity contribution < 1.29 is 14.7 Å². The number of para-hydroxylation sites is 1. The second-order valence-corrected chi connectivity index (χ2v) is 2.39. The summed E-state index contributed by atoms with van der Waals surface area (Å²) < 4.78 is 0. The van der Waals surface area contributed by atoms with Crippen molar-refractivity contribution in [3.63, 3.8) is 0 Å². The summed E-state index contributed by atoms with van der Waals surface area (Å²) in [6, 6.07) is 8.44. The summed E-state index contributed by atoms with van der Waals surface area (Å²) in [6.07, 6.45) is 3.76. The van der Waals surface area contributed by atoms with Gasteiger partial charge in [-0.2, -0.15) is 5.06 Å². The van der Waals surface area contributed by atoms with E-state index in [4.69, 9.17) is 16.4 Å². The largest absolute Gasteiger partial charge is 0.463 e. The zero-order chi connectivity index (χ0) is 10.4. The van der Waals surface area contributed by atoms with Crippen molar-refractivity contribution in [2.45, 2.75) is 0 Å². The van der Waals surface area contributed by atoms with E-state index in [1.165, 1.54) is 0 Å². The second kappa shape index (κ2) is 4.90. The molecule has 0 aliphatic carbocycles. The molecule has 0 radical (unpaired) electrons. The van der Waals surface area contributed by atoms with Gasteiger partial charge in [0.15, 0.2) is 0 Å². The normalized spacial score (nSPS) is 9.07. The van der Waals surface area contributed by atoms with Gasteiger partial charge in [0.1, 0.15) is 6.61 Å². The molecule has 0 saturated heterocycles. The van der Waals surface area contributed by atoms with Crippen LogP contribution in [0.2, 0.25) is 0 Å². The number of carboxylic acid groups (broad SMARTS) is 1. The molecule has 4 nitrogen and oxygen atoms in total. The lowest BCUT2D eigenvalue weighted by Crippen LogP contribution is -2.29. The predicted molar refractivity (Wildman–Crippen MR) is 51.7 cm³/mol. The van der Waals surface area contributed by atoms with Crippen LogP contribution in [-0.4, -0.2) is 17.8 Å². The Morgan fingerprint density at radius 3 is 2.64 bits per heavy atom. The van der Waals surface area contributed by atoms with Gasteiger partial charge in [0.25, 0.3) is 0 Å². The van der Waals surface area contributed by atoms with E-state index in [-0.39, 0.29) is 6.61 Å². The molecule has 1 rings (SSSR count). The summed E-state index contributed by atoms with van der Waals surface area (Å²) in [5.41, 5.74) is 0.426. The summed E-state index contributed by atoms with van der Waals surface area (Å²) in [5, 5.41) is 9.52. The predicted octanol–water partition coefficient (Wildman–Crippen LogP) is 1.74. The molecule has 0 bridgehead atoms. The summed E-state index contributed by atoms with van der Waals surface area (Å²) in [5.74, 6) is 2.20. The van der Waals surface area contributed by atoms with Crippen LogP contribution in [0.4, 0.5) is 10.5 Å². The van der Waals surface area contributed by atoms with Gasteiger partial charge in [-0.3, -0.25) is 4.84 Å². The summed E-state index contributed by atoms with van der Waals surface area (Å²) in [6.45, 7) is -0.0821. The molecule has 1 amide bonds. The minimum absolute atomic E-state index is 0.0821. The number of terminal acetylenes is 1. The number of nitrogens with zero attached hydrogens (tertiary/aromatic N) is 1. The summed E-state index contributed by atoms with van der Waals surface area (Å²) in [7, 11) is 0. The van der Waals surface area contributed by atoms with E-state index < -0.39 is 6.09 Å². The molecule has 0 spiro atoms. The summed E-state index contributed by atoms with van der Waals surface area (Å²) in [4.78, 5) is 15.6. The van der Waals surface area contributed by atoms with Crippen LogP contribution < -0.4 is 5.06 Å². The molecule has 1 aromatic carbocycles. The third-order valence-corrected chi connectivity index (χ3v) is 1.44. The van der Waals surface area contributed by atoms with Gasteiger partial charge in [-0.15, -0.1) is 6.42 Å². The molecule has 0 saturated carbocycles. The van der Waals surface area contributed by atoms with Crippen LogP contribution in [0.15, 0.2) is 30.3 Å². The van der Waals surface area contributed by atoms with E-state index in [1.54, 1.807) is 30.3 Å². The monoisotopic (exact) mass is 191 g/mol. The second-order valence-electron chi connectivity index (χ2n) is 2.39. The van der Waals surface area contributed by atoms with Crippen molar-refractivity contribution in [1.29, 1.82) is 0 Å². The number of benzene rings is 1. The van der Waals surface area contributed by atoms with E-state index >= 15 is 0 Å². The van der Waals surface area contributed by atoms with Crippen molar-refractivity contribution in [3.05, 3.63) is 30.3 Å². The summed E-state index contributed by atoms with van der Waals surface area (Å²) >= 11 is 0. The maximum absolute atomic E-state index is 10.7. The lowest BCUT2D eigenvalue weighted by atomic mass is 10.3. The van der Waals surface area contributed by atoms with Crippen molar-refractivity contribution in [3.8, 4) is 12.3 Å². The van der Waals surface area contributed by atoms with Gasteiger partial charge in [0.05, 0.1) is 5.69 Å². The minimum atomic E-state index is -1.20. The van der Waals surface area contributed by atoms with E-state index in [2.05, 4.69) is 5.92 Å². The minimum Gasteiger partial charge on any atom is -0.463 e. The Morgan fingerprint density at radius 2 is 2.14 bits per heavy atom. The highest BCUT2D eigenvalue weighted by molar-refractivity contribution is 5.83. The molecule has 0 aromatic heterocycles. The van der Waals surface area contributed by atoms with Crippen LogP contribution in [0.3, 0.4) is 0 Å². The van der Waals surface area contributed by atoms with Gasteiger partial charge < -0.3 is 5.11 Å². The van der Waals surface area contributed by atoms with Gasteiger partial charge in [-0.05, 0) is 12.1 Å². The van der Waals surface area contributed by atoms with Gasteiger partial charge in [-0.1, -0.05) is 24.1 Å². The molecule has 72 valence electrons. The van der Waals surface area contributed by atoms with Crippen molar-refractivity contribution in [2.75, 3.05) is 11.7 Å². The van der Waals surface area contributed by atoms with E-state index in [1.807, 2.05) is 0 Å². The molecule has 0 heterocycles. The lowest BCUT2D eigenvalue weighted by Gasteiger charge is -2.16. The zero-order valence-corrected chi connectivity index (χ0v) is 7.38. The standard InChI is InChI=1S/C10H9NO3/c1-2-8-14-11(10(12)13)9-6-4-3-5-7-9/h1,3-7H,8H2,(H,12,13). The Morgan fingerprint density at radius 1 is 1.50 bits per heavy atom. The zero-order valence-electron chi connectivity index (χ0n) is 7.38. The van der Waals surface area contributed by atoms with Crippen LogP contribution in [0.1, 0.15) is 0 Å².